The van der Waals surface area contributed by atoms with Crippen molar-refractivity contribution in [3.63, 3.8) is 0 Å². The maximum absolute atomic E-state index is 6.15. The van der Waals surface area contributed by atoms with E-state index in [0.29, 0.717) is 6.54 Å². The number of nitrogens with zero attached hydrogens (tertiary/aromatic N) is 1. The van der Waals surface area contributed by atoms with E-state index in [-0.39, 0.29) is 6.10 Å². The van der Waals surface area contributed by atoms with Crippen molar-refractivity contribution >= 4 is 11.0 Å². The van der Waals surface area contributed by atoms with Crippen LogP contribution in [0.3, 0.4) is 0 Å². The third-order valence-corrected chi connectivity index (χ3v) is 4.81. The van der Waals surface area contributed by atoms with E-state index in [4.69, 9.17) is 23.6 Å². The van der Waals surface area contributed by atoms with Crippen LogP contribution in [0.4, 0.5) is 0 Å². The highest BCUT2D eigenvalue weighted by molar-refractivity contribution is 5.80. The van der Waals surface area contributed by atoms with E-state index in [9.17, 15) is 0 Å². The summed E-state index contributed by atoms with van der Waals surface area (Å²) < 4.78 is 22.5. The summed E-state index contributed by atoms with van der Waals surface area (Å²) in [7, 11) is 3.32. The molecule has 0 N–H and O–H groups in total. The molecule has 1 aromatic heterocycles. The molecule has 1 aliphatic rings. The summed E-state index contributed by atoms with van der Waals surface area (Å²) in [5, 5.41) is 1.82. The molecule has 0 saturated carbocycles. The first-order valence-corrected chi connectivity index (χ1v) is 9.15. The largest absolute Gasteiger partial charge is 0.497 e. The molecule has 4 rings (SSSR count). The number of hydrogen-bond acceptors (Lipinski definition) is 5. The molecule has 5 heteroatoms. The average Bonchev–Trinajstić information content (AvgIpc) is 3.25. The minimum atomic E-state index is 0.201. The fourth-order valence-electron chi connectivity index (χ4n) is 3.29. The average molecular weight is 365 g/mol. The lowest BCUT2D eigenvalue weighted by Gasteiger charge is -2.09. The van der Waals surface area contributed by atoms with Gasteiger partial charge in [0.15, 0.2) is 0 Å². The van der Waals surface area contributed by atoms with Crippen molar-refractivity contribution in [1.29, 1.82) is 0 Å². The van der Waals surface area contributed by atoms with Crippen molar-refractivity contribution in [2.75, 3.05) is 27.4 Å². The second kappa shape index (κ2) is 7.84. The molecule has 27 heavy (non-hydrogen) atoms. The van der Waals surface area contributed by atoms with Gasteiger partial charge in [0.1, 0.15) is 22.8 Å². The van der Waals surface area contributed by atoms with Crippen molar-refractivity contribution in [1.82, 2.24) is 0 Å². The van der Waals surface area contributed by atoms with Gasteiger partial charge < -0.3 is 18.6 Å². The minimum absolute atomic E-state index is 0.201. The van der Waals surface area contributed by atoms with Crippen LogP contribution >= 0.6 is 0 Å². The second-order valence-electron chi connectivity index (χ2n) is 6.56. The van der Waals surface area contributed by atoms with Gasteiger partial charge in [-0.25, -0.2) is 0 Å². The second-order valence-corrected chi connectivity index (χ2v) is 6.56. The molecule has 5 nitrogen and oxygen atoms in total. The van der Waals surface area contributed by atoms with Gasteiger partial charge in [-0.1, -0.05) is 0 Å². The molecule has 0 spiro atoms. The van der Waals surface area contributed by atoms with E-state index in [1.807, 2.05) is 48.5 Å². The highest BCUT2D eigenvalue weighted by atomic mass is 16.5. The predicted octanol–water partition coefficient (Wildman–Crippen LogP) is 4.20. The lowest BCUT2D eigenvalue weighted by atomic mass is 10.1. The van der Waals surface area contributed by atoms with Crippen molar-refractivity contribution in [2.45, 2.75) is 18.9 Å². The molecule has 0 radical (unpaired) electrons. The van der Waals surface area contributed by atoms with Crippen LogP contribution < -0.4 is 14.8 Å². The zero-order chi connectivity index (χ0) is 18.6. The van der Waals surface area contributed by atoms with Crippen molar-refractivity contribution in [2.24, 2.45) is 4.99 Å². The van der Waals surface area contributed by atoms with Crippen molar-refractivity contribution in [3.05, 3.63) is 53.9 Å². The smallest absolute Gasteiger partial charge is 0.137 e. The van der Waals surface area contributed by atoms with Gasteiger partial charge in [0, 0.05) is 23.6 Å². The van der Waals surface area contributed by atoms with Gasteiger partial charge in [0.25, 0.3) is 0 Å². The summed E-state index contributed by atoms with van der Waals surface area (Å²) in [6, 6.07) is 15.6. The molecule has 1 atom stereocenters. The zero-order valence-corrected chi connectivity index (χ0v) is 15.6. The molecule has 0 amide bonds. The molecule has 0 aliphatic carbocycles. The topological polar surface area (TPSA) is 53.2 Å². The number of ether oxygens (including phenoxy) is 3. The van der Waals surface area contributed by atoms with Gasteiger partial charge in [-0.3, -0.25) is 4.99 Å². The fourth-order valence-corrected chi connectivity index (χ4v) is 3.29. The molecule has 1 aliphatic heterocycles. The number of methoxy groups -OCH3 is 2. The Hall–Kier alpha value is -2.79. The Balaban J connectivity index is 1.81. The van der Waals surface area contributed by atoms with Crippen LogP contribution in [0.25, 0.3) is 22.3 Å². The summed E-state index contributed by atoms with van der Waals surface area (Å²) in [6.45, 7) is 1.48. The van der Waals surface area contributed by atoms with Crippen LogP contribution in [-0.2, 0) is 4.74 Å². The number of hydrogen-bond donors (Lipinski definition) is 0. The fraction of sp³-hybridized carbons (Fsp3) is 0.318. The predicted molar refractivity (Wildman–Crippen MR) is 104 cm³/mol. The van der Waals surface area contributed by atoms with Gasteiger partial charge >= 0.3 is 0 Å². The molecule has 2 heterocycles. The monoisotopic (exact) mass is 365 g/mol. The van der Waals surface area contributed by atoms with Gasteiger partial charge in [-0.05, 0) is 55.3 Å². The summed E-state index contributed by atoms with van der Waals surface area (Å²) in [5.41, 5.74) is 1.75. The highest BCUT2D eigenvalue weighted by Gasteiger charge is 2.15. The van der Waals surface area contributed by atoms with E-state index in [0.717, 1.165) is 58.6 Å². The Morgan fingerprint density at radius 2 is 1.78 bits per heavy atom. The molecule has 1 fully saturated rings. The van der Waals surface area contributed by atoms with Crippen LogP contribution in [0.2, 0.25) is 0 Å². The normalized spacial score (nSPS) is 17.4. The van der Waals surface area contributed by atoms with Gasteiger partial charge in [0.05, 0.1) is 32.2 Å². The Bertz CT molecular complexity index is 985. The van der Waals surface area contributed by atoms with E-state index in [1.165, 1.54) is 0 Å². The first kappa shape index (κ1) is 17.6. The van der Waals surface area contributed by atoms with E-state index in [1.54, 1.807) is 14.2 Å². The summed E-state index contributed by atoms with van der Waals surface area (Å²) in [4.78, 5) is 4.85. The van der Waals surface area contributed by atoms with Crippen LogP contribution in [-0.4, -0.2) is 33.5 Å². The minimum Gasteiger partial charge on any atom is -0.497 e. The first-order chi connectivity index (χ1) is 13.3. The first-order valence-electron chi connectivity index (χ1n) is 9.15. The maximum atomic E-state index is 6.15. The van der Waals surface area contributed by atoms with Crippen molar-refractivity contribution in [3.8, 4) is 22.8 Å². The number of rotatable bonds is 5. The van der Waals surface area contributed by atoms with Crippen LogP contribution in [0.1, 0.15) is 12.8 Å². The van der Waals surface area contributed by atoms with Crippen LogP contribution in [0, 0.1) is 0 Å². The lowest BCUT2D eigenvalue weighted by molar-refractivity contribution is 0.117. The summed E-state index contributed by atoms with van der Waals surface area (Å²) in [6.07, 6.45) is 2.37. The highest BCUT2D eigenvalue weighted by Crippen LogP contribution is 2.26. The van der Waals surface area contributed by atoms with Gasteiger partial charge in [-0.15, -0.1) is 0 Å². The summed E-state index contributed by atoms with van der Waals surface area (Å²) in [5.74, 6) is 2.36. The molecule has 3 aromatic rings. The van der Waals surface area contributed by atoms with E-state index in [2.05, 4.69) is 0 Å². The molecule has 2 aromatic carbocycles. The molecular weight excluding hydrogens is 342 g/mol. The third kappa shape index (κ3) is 3.83. The lowest BCUT2D eigenvalue weighted by Crippen LogP contribution is -2.13. The molecule has 140 valence electrons. The Morgan fingerprint density at radius 1 is 1.00 bits per heavy atom. The Kier molecular flexibility index (Phi) is 5.12. The standard InChI is InChI=1S/C22H23NO4/c1-24-16-7-5-15(6-8-16)22-13-20(23-14-18-4-3-11-26-18)19-12-17(25-2)9-10-21(19)27-22/h5-10,12-13,18H,3-4,11,14H2,1-2H3/t18-/m0/s1. The van der Waals surface area contributed by atoms with Crippen LogP contribution in [0.5, 0.6) is 11.5 Å². The third-order valence-electron chi connectivity index (χ3n) is 4.81. The molecule has 1 saturated heterocycles. The quantitative estimate of drug-likeness (QED) is 0.680. The molecule has 0 bridgehead atoms. The number of benzene rings is 2. The Labute approximate surface area is 158 Å². The zero-order valence-electron chi connectivity index (χ0n) is 15.6. The maximum Gasteiger partial charge on any atom is 0.137 e. The molecule has 0 unspecified atom stereocenters. The SMILES string of the molecule is COc1ccc(-c2cc(=NC[C@@H]3CCCO3)c3cc(OC)ccc3o2)cc1. The van der Waals surface area contributed by atoms with Gasteiger partial charge in [0.2, 0.25) is 0 Å². The number of fused-ring (bicyclic) bond motifs is 1. The summed E-state index contributed by atoms with van der Waals surface area (Å²) >= 11 is 0. The molecular formula is C22H23NO4. The Morgan fingerprint density at radius 3 is 2.48 bits per heavy atom. The van der Waals surface area contributed by atoms with E-state index < -0.39 is 0 Å². The van der Waals surface area contributed by atoms with Crippen molar-refractivity contribution < 1.29 is 18.6 Å². The van der Waals surface area contributed by atoms with Gasteiger partial charge in [-0.2, -0.15) is 0 Å². The van der Waals surface area contributed by atoms with E-state index >= 15 is 0 Å². The van der Waals surface area contributed by atoms with Crippen LogP contribution in [0.15, 0.2) is 57.9 Å².